The van der Waals surface area contributed by atoms with Crippen molar-refractivity contribution in [3.8, 4) is 0 Å². The lowest BCUT2D eigenvalue weighted by Gasteiger charge is -2.23. The maximum absolute atomic E-state index is 11.0. The van der Waals surface area contributed by atoms with Crippen molar-refractivity contribution in [2.24, 2.45) is 0 Å². The molecule has 0 radical (unpaired) electrons. The predicted octanol–water partition coefficient (Wildman–Crippen LogP) is 0.815. The summed E-state index contributed by atoms with van der Waals surface area (Å²) in [5.41, 5.74) is 0.937. The lowest BCUT2D eigenvalue weighted by Crippen LogP contribution is -2.39. The fourth-order valence-electron chi connectivity index (χ4n) is 1.23. The number of carbonyl (C=O) groups excluding carboxylic acids is 1. The highest BCUT2D eigenvalue weighted by Gasteiger charge is 2.22. The zero-order chi connectivity index (χ0) is 8.27. The number of hydrogen-bond donors (Lipinski definition) is 1. The van der Waals surface area contributed by atoms with Crippen LogP contribution in [0.5, 0.6) is 0 Å². The fraction of sp³-hybridized carbons (Fsp3) is 0.625. The first-order valence-electron chi connectivity index (χ1n) is 3.76. The van der Waals surface area contributed by atoms with Crippen LogP contribution in [0.25, 0.3) is 0 Å². The number of rotatable bonds is 1. The van der Waals surface area contributed by atoms with Gasteiger partial charge >= 0.3 is 5.97 Å². The summed E-state index contributed by atoms with van der Waals surface area (Å²) in [5.74, 6) is -0.189. The normalized spacial score (nSPS) is 24.1. The van der Waals surface area contributed by atoms with Gasteiger partial charge in [-0.2, -0.15) is 0 Å². The number of piperidine rings is 1. The van der Waals surface area contributed by atoms with Crippen molar-refractivity contribution in [2.45, 2.75) is 25.3 Å². The number of ether oxygens (including phenoxy) is 1. The fourth-order valence-corrected chi connectivity index (χ4v) is 1.23. The van der Waals surface area contributed by atoms with E-state index in [1.165, 1.54) is 7.11 Å². The zero-order valence-corrected chi connectivity index (χ0v) is 6.72. The van der Waals surface area contributed by atoms with Crippen molar-refractivity contribution in [3.63, 3.8) is 0 Å². The number of hydrogen-bond acceptors (Lipinski definition) is 3. The van der Waals surface area contributed by atoms with Crippen LogP contribution >= 0.6 is 0 Å². The lowest BCUT2D eigenvalue weighted by molar-refractivity contribution is -0.143. The van der Waals surface area contributed by atoms with Crippen LogP contribution in [0.3, 0.4) is 0 Å². The summed E-state index contributed by atoms with van der Waals surface area (Å²) in [4.78, 5) is 11.0. The van der Waals surface area contributed by atoms with Gasteiger partial charge in [0.05, 0.1) is 7.11 Å². The Morgan fingerprint density at radius 3 is 3.09 bits per heavy atom. The van der Waals surface area contributed by atoms with E-state index in [0.717, 1.165) is 25.0 Å². The van der Waals surface area contributed by atoms with E-state index < -0.39 is 0 Å². The molecule has 1 aliphatic heterocycles. The van der Waals surface area contributed by atoms with Gasteiger partial charge in [0.25, 0.3) is 0 Å². The highest BCUT2D eigenvalue weighted by atomic mass is 16.5. The molecule has 0 aliphatic carbocycles. The minimum absolute atomic E-state index is 0.166. The maximum atomic E-state index is 11.0. The van der Waals surface area contributed by atoms with E-state index in [0.29, 0.717) is 0 Å². The molecule has 1 unspecified atom stereocenters. The molecule has 0 aromatic heterocycles. The van der Waals surface area contributed by atoms with Crippen LogP contribution in [-0.2, 0) is 9.53 Å². The monoisotopic (exact) mass is 155 g/mol. The van der Waals surface area contributed by atoms with Crippen LogP contribution in [-0.4, -0.2) is 19.1 Å². The first-order valence-corrected chi connectivity index (χ1v) is 3.76. The van der Waals surface area contributed by atoms with E-state index in [-0.39, 0.29) is 12.0 Å². The summed E-state index contributed by atoms with van der Waals surface area (Å²) in [6.45, 7) is 3.76. The number of esters is 1. The second-order valence-corrected chi connectivity index (χ2v) is 2.72. The molecule has 3 nitrogen and oxygen atoms in total. The van der Waals surface area contributed by atoms with Gasteiger partial charge in [-0.1, -0.05) is 6.58 Å². The molecule has 3 heteroatoms. The average Bonchev–Trinajstić information content (AvgIpc) is 2.03. The third-order valence-corrected chi connectivity index (χ3v) is 1.84. The molecule has 1 saturated heterocycles. The molecule has 1 atom stereocenters. The Morgan fingerprint density at radius 1 is 1.82 bits per heavy atom. The number of methoxy groups -OCH3 is 1. The van der Waals surface area contributed by atoms with Crippen molar-refractivity contribution in [2.75, 3.05) is 7.11 Å². The van der Waals surface area contributed by atoms with Crippen LogP contribution in [0.2, 0.25) is 0 Å². The molecule has 1 fully saturated rings. The molecule has 0 spiro atoms. The third kappa shape index (κ3) is 1.97. The smallest absolute Gasteiger partial charge is 0.328 e. The molecule has 1 rings (SSSR count). The SMILES string of the molecule is C=C1CCCC(C(=O)OC)N1. The van der Waals surface area contributed by atoms with Crippen molar-refractivity contribution >= 4 is 5.97 Å². The topological polar surface area (TPSA) is 38.3 Å². The zero-order valence-electron chi connectivity index (χ0n) is 6.72. The number of nitrogens with one attached hydrogen (secondary N) is 1. The molecule has 1 N–H and O–H groups in total. The van der Waals surface area contributed by atoms with Gasteiger partial charge in [0, 0.05) is 5.70 Å². The first kappa shape index (κ1) is 8.11. The minimum atomic E-state index is -0.189. The van der Waals surface area contributed by atoms with Crippen molar-refractivity contribution < 1.29 is 9.53 Å². The van der Waals surface area contributed by atoms with Gasteiger partial charge in [-0.3, -0.25) is 0 Å². The van der Waals surface area contributed by atoms with E-state index >= 15 is 0 Å². The van der Waals surface area contributed by atoms with E-state index in [1.54, 1.807) is 0 Å². The second-order valence-electron chi connectivity index (χ2n) is 2.72. The van der Waals surface area contributed by atoms with E-state index in [9.17, 15) is 4.79 Å². The molecular formula is C8H13NO2. The van der Waals surface area contributed by atoms with Gasteiger partial charge in [0.2, 0.25) is 0 Å². The Morgan fingerprint density at radius 2 is 2.55 bits per heavy atom. The maximum Gasteiger partial charge on any atom is 0.328 e. The van der Waals surface area contributed by atoms with Crippen LogP contribution in [0.1, 0.15) is 19.3 Å². The Balaban J connectivity index is 2.45. The Labute approximate surface area is 66.4 Å². The average molecular weight is 155 g/mol. The Kier molecular flexibility index (Phi) is 2.52. The van der Waals surface area contributed by atoms with E-state index in [2.05, 4.69) is 16.6 Å². The molecule has 0 aromatic carbocycles. The van der Waals surface area contributed by atoms with Gasteiger partial charge in [0.15, 0.2) is 0 Å². The van der Waals surface area contributed by atoms with Gasteiger partial charge in [-0.15, -0.1) is 0 Å². The van der Waals surface area contributed by atoms with Gasteiger partial charge in [-0.05, 0) is 19.3 Å². The van der Waals surface area contributed by atoms with Gasteiger partial charge < -0.3 is 10.1 Å². The van der Waals surface area contributed by atoms with Crippen LogP contribution < -0.4 is 5.32 Å². The highest BCUT2D eigenvalue weighted by molar-refractivity contribution is 5.76. The largest absolute Gasteiger partial charge is 0.467 e. The molecule has 0 aromatic rings. The number of carbonyl (C=O) groups is 1. The van der Waals surface area contributed by atoms with Crippen molar-refractivity contribution in [1.29, 1.82) is 0 Å². The quantitative estimate of drug-likeness (QED) is 0.569. The highest BCUT2D eigenvalue weighted by Crippen LogP contribution is 2.14. The van der Waals surface area contributed by atoms with Crippen LogP contribution in [0, 0.1) is 0 Å². The molecule has 0 amide bonds. The van der Waals surface area contributed by atoms with Crippen LogP contribution in [0.15, 0.2) is 12.3 Å². The summed E-state index contributed by atoms with van der Waals surface area (Å²) < 4.78 is 4.60. The van der Waals surface area contributed by atoms with Crippen molar-refractivity contribution in [1.82, 2.24) is 5.32 Å². The predicted molar refractivity (Wildman–Crippen MR) is 41.9 cm³/mol. The molecule has 0 bridgehead atoms. The molecule has 11 heavy (non-hydrogen) atoms. The first-order chi connectivity index (χ1) is 5.24. The molecule has 1 aliphatic rings. The third-order valence-electron chi connectivity index (χ3n) is 1.84. The standard InChI is InChI=1S/C8H13NO2/c1-6-4-3-5-7(9-6)8(10)11-2/h7,9H,1,3-5H2,2H3. The minimum Gasteiger partial charge on any atom is -0.467 e. The van der Waals surface area contributed by atoms with E-state index in [4.69, 9.17) is 0 Å². The van der Waals surface area contributed by atoms with Crippen LogP contribution in [0.4, 0.5) is 0 Å². The lowest BCUT2D eigenvalue weighted by atomic mass is 10.0. The summed E-state index contributed by atoms with van der Waals surface area (Å²) in [5, 5.41) is 3.00. The van der Waals surface area contributed by atoms with E-state index in [1.807, 2.05) is 0 Å². The van der Waals surface area contributed by atoms with Gasteiger partial charge in [-0.25, -0.2) is 4.79 Å². The summed E-state index contributed by atoms with van der Waals surface area (Å²) in [7, 11) is 1.40. The number of allylic oxidation sites excluding steroid dienone is 1. The summed E-state index contributed by atoms with van der Waals surface area (Å²) >= 11 is 0. The molecule has 0 saturated carbocycles. The molecule has 62 valence electrons. The molecular weight excluding hydrogens is 142 g/mol. The Hall–Kier alpha value is -0.990. The van der Waals surface area contributed by atoms with Crippen molar-refractivity contribution in [3.05, 3.63) is 12.3 Å². The molecule has 1 heterocycles. The Bertz CT molecular complexity index is 177. The second kappa shape index (κ2) is 3.42. The summed E-state index contributed by atoms with van der Waals surface area (Å²) in [6.07, 6.45) is 2.84. The summed E-state index contributed by atoms with van der Waals surface area (Å²) in [6, 6.07) is -0.166. The van der Waals surface area contributed by atoms with Gasteiger partial charge in [0.1, 0.15) is 6.04 Å².